The van der Waals surface area contributed by atoms with Crippen molar-refractivity contribution in [2.75, 3.05) is 13.2 Å². The molecule has 0 unspecified atom stereocenters. The molecule has 2 amide bonds. The third-order valence-electron chi connectivity index (χ3n) is 1.03. The van der Waals surface area contributed by atoms with Crippen molar-refractivity contribution in [1.82, 2.24) is 5.32 Å². The Bertz CT molecular complexity index is 234. The SMILES string of the molecule is NC(=O)C=CC=CC(=O)NCCO. The molecule has 0 spiro atoms. The van der Waals surface area contributed by atoms with Crippen LogP contribution >= 0.6 is 0 Å². The van der Waals surface area contributed by atoms with Crippen LogP contribution < -0.4 is 11.1 Å². The molecule has 4 N–H and O–H groups in total. The zero-order valence-electron chi connectivity index (χ0n) is 7.06. The van der Waals surface area contributed by atoms with Crippen molar-refractivity contribution >= 4 is 11.8 Å². The summed E-state index contributed by atoms with van der Waals surface area (Å²) in [4.78, 5) is 21.0. The summed E-state index contributed by atoms with van der Waals surface area (Å²) in [6.45, 7) is 0.111. The molecular weight excluding hydrogens is 172 g/mol. The number of primary amides is 1. The molecule has 0 aliphatic rings. The smallest absolute Gasteiger partial charge is 0.244 e. The molecule has 0 heterocycles. The minimum Gasteiger partial charge on any atom is -0.395 e. The molecule has 0 aromatic heterocycles. The number of carbonyl (C=O) groups is 2. The predicted molar refractivity (Wildman–Crippen MR) is 47.6 cm³/mol. The van der Waals surface area contributed by atoms with Gasteiger partial charge >= 0.3 is 0 Å². The summed E-state index contributed by atoms with van der Waals surface area (Å²) in [5.74, 6) is -0.899. The van der Waals surface area contributed by atoms with Crippen LogP contribution in [0, 0.1) is 0 Å². The number of hydrogen-bond donors (Lipinski definition) is 3. The van der Waals surface area contributed by atoms with E-state index in [1.165, 1.54) is 18.2 Å². The fraction of sp³-hybridized carbons (Fsp3) is 0.250. The monoisotopic (exact) mass is 184 g/mol. The highest BCUT2D eigenvalue weighted by atomic mass is 16.3. The van der Waals surface area contributed by atoms with Gasteiger partial charge in [0, 0.05) is 18.7 Å². The van der Waals surface area contributed by atoms with Crippen LogP contribution in [-0.2, 0) is 9.59 Å². The van der Waals surface area contributed by atoms with E-state index in [2.05, 4.69) is 5.32 Å². The first-order valence-corrected chi connectivity index (χ1v) is 3.69. The van der Waals surface area contributed by atoms with Crippen molar-refractivity contribution < 1.29 is 14.7 Å². The highest BCUT2D eigenvalue weighted by Gasteiger charge is 1.90. The Labute approximate surface area is 75.9 Å². The van der Waals surface area contributed by atoms with Crippen molar-refractivity contribution in [2.45, 2.75) is 0 Å². The standard InChI is InChI=1S/C8H12N2O3/c9-7(12)3-1-2-4-8(13)10-5-6-11/h1-4,11H,5-6H2,(H2,9,12)(H,10,13). The lowest BCUT2D eigenvalue weighted by Gasteiger charge is -1.95. The third kappa shape index (κ3) is 8.28. The van der Waals surface area contributed by atoms with Gasteiger partial charge in [-0.3, -0.25) is 9.59 Å². The summed E-state index contributed by atoms with van der Waals surface area (Å²) >= 11 is 0. The number of allylic oxidation sites excluding steroid dienone is 2. The van der Waals surface area contributed by atoms with Crippen LogP contribution in [0.4, 0.5) is 0 Å². The van der Waals surface area contributed by atoms with Gasteiger partial charge in [-0.25, -0.2) is 0 Å². The molecule has 5 heteroatoms. The van der Waals surface area contributed by atoms with Crippen molar-refractivity contribution in [3.8, 4) is 0 Å². The molecule has 0 bridgehead atoms. The second-order valence-electron chi connectivity index (χ2n) is 2.14. The number of rotatable bonds is 5. The number of nitrogens with one attached hydrogen (secondary N) is 1. The molecular formula is C8H12N2O3. The van der Waals surface area contributed by atoms with E-state index in [0.29, 0.717) is 0 Å². The van der Waals surface area contributed by atoms with E-state index in [1.54, 1.807) is 0 Å². The zero-order valence-corrected chi connectivity index (χ0v) is 7.06. The normalized spacial score (nSPS) is 10.8. The van der Waals surface area contributed by atoms with Crippen LogP contribution in [0.5, 0.6) is 0 Å². The topological polar surface area (TPSA) is 92.4 Å². The van der Waals surface area contributed by atoms with Gasteiger partial charge in [-0.05, 0) is 0 Å². The van der Waals surface area contributed by atoms with Crippen LogP contribution in [0.2, 0.25) is 0 Å². The van der Waals surface area contributed by atoms with Gasteiger partial charge in [-0.15, -0.1) is 0 Å². The first-order chi connectivity index (χ1) is 6.16. The molecule has 0 saturated heterocycles. The van der Waals surface area contributed by atoms with Gasteiger partial charge in [0.05, 0.1) is 6.61 Å². The number of amides is 2. The summed E-state index contributed by atoms with van der Waals surface area (Å²) in [6.07, 6.45) is 5.11. The van der Waals surface area contributed by atoms with E-state index < -0.39 is 5.91 Å². The molecule has 72 valence electrons. The highest BCUT2D eigenvalue weighted by molar-refractivity contribution is 5.89. The Balaban J connectivity index is 3.71. The highest BCUT2D eigenvalue weighted by Crippen LogP contribution is 1.77. The fourth-order valence-electron chi connectivity index (χ4n) is 0.531. The number of hydrogen-bond acceptors (Lipinski definition) is 3. The average molecular weight is 184 g/mol. The Morgan fingerprint density at radius 2 is 1.92 bits per heavy atom. The van der Waals surface area contributed by atoms with Crippen molar-refractivity contribution in [3.05, 3.63) is 24.3 Å². The third-order valence-corrected chi connectivity index (χ3v) is 1.03. The quantitative estimate of drug-likeness (QED) is 0.366. The van der Waals surface area contributed by atoms with E-state index in [0.717, 1.165) is 6.08 Å². The molecule has 0 aromatic rings. The molecule has 0 atom stereocenters. The fourth-order valence-corrected chi connectivity index (χ4v) is 0.531. The van der Waals surface area contributed by atoms with E-state index in [-0.39, 0.29) is 19.1 Å². The number of carbonyl (C=O) groups excluding carboxylic acids is 2. The van der Waals surface area contributed by atoms with Crippen LogP contribution in [0.3, 0.4) is 0 Å². The summed E-state index contributed by atoms with van der Waals surface area (Å²) in [7, 11) is 0. The van der Waals surface area contributed by atoms with Gasteiger partial charge in [0.1, 0.15) is 0 Å². The van der Waals surface area contributed by atoms with Crippen LogP contribution in [0.1, 0.15) is 0 Å². The Morgan fingerprint density at radius 1 is 1.31 bits per heavy atom. The van der Waals surface area contributed by atoms with E-state index in [1.807, 2.05) is 0 Å². The molecule has 0 aromatic carbocycles. The van der Waals surface area contributed by atoms with Crippen LogP contribution in [0.15, 0.2) is 24.3 Å². The van der Waals surface area contributed by atoms with Gasteiger partial charge < -0.3 is 16.2 Å². The zero-order chi connectivity index (χ0) is 10.1. The van der Waals surface area contributed by atoms with Crippen LogP contribution in [-0.4, -0.2) is 30.1 Å². The largest absolute Gasteiger partial charge is 0.395 e. The summed E-state index contributed by atoms with van der Waals surface area (Å²) in [5, 5.41) is 10.7. The van der Waals surface area contributed by atoms with Gasteiger partial charge in [-0.2, -0.15) is 0 Å². The minimum absolute atomic E-state index is 0.100. The summed E-state index contributed by atoms with van der Waals surface area (Å²) in [6, 6.07) is 0. The molecule has 0 fully saturated rings. The van der Waals surface area contributed by atoms with Crippen molar-refractivity contribution in [3.63, 3.8) is 0 Å². The maximum atomic E-state index is 10.8. The van der Waals surface area contributed by atoms with Gasteiger partial charge in [0.25, 0.3) is 0 Å². The second-order valence-corrected chi connectivity index (χ2v) is 2.14. The van der Waals surface area contributed by atoms with Gasteiger partial charge in [0.15, 0.2) is 0 Å². The average Bonchev–Trinajstić information content (AvgIpc) is 2.08. The number of nitrogens with two attached hydrogens (primary N) is 1. The number of aliphatic hydroxyl groups excluding tert-OH is 1. The summed E-state index contributed by atoms with van der Waals surface area (Å²) < 4.78 is 0. The van der Waals surface area contributed by atoms with E-state index in [4.69, 9.17) is 10.8 Å². The lowest BCUT2D eigenvalue weighted by molar-refractivity contribution is -0.116. The first-order valence-electron chi connectivity index (χ1n) is 3.69. The van der Waals surface area contributed by atoms with Gasteiger partial charge in [-0.1, -0.05) is 12.2 Å². The van der Waals surface area contributed by atoms with Crippen molar-refractivity contribution in [2.24, 2.45) is 5.73 Å². The molecule has 0 saturated carbocycles. The molecule has 0 rings (SSSR count). The van der Waals surface area contributed by atoms with E-state index >= 15 is 0 Å². The van der Waals surface area contributed by atoms with E-state index in [9.17, 15) is 9.59 Å². The van der Waals surface area contributed by atoms with Gasteiger partial charge in [0.2, 0.25) is 11.8 Å². The predicted octanol–water partition coefficient (Wildman–Crippen LogP) is -1.31. The molecule has 0 radical (unpaired) electrons. The Hall–Kier alpha value is -1.62. The molecule has 0 aliphatic heterocycles. The first kappa shape index (κ1) is 11.4. The Morgan fingerprint density at radius 3 is 2.46 bits per heavy atom. The van der Waals surface area contributed by atoms with Crippen molar-refractivity contribution in [1.29, 1.82) is 0 Å². The molecule has 0 aliphatic carbocycles. The lowest BCUT2D eigenvalue weighted by Crippen LogP contribution is -2.24. The maximum absolute atomic E-state index is 10.8. The molecule has 5 nitrogen and oxygen atoms in total. The lowest BCUT2D eigenvalue weighted by atomic mass is 10.4. The Kier molecular flexibility index (Phi) is 6.17. The van der Waals surface area contributed by atoms with Crippen LogP contribution in [0.25, 0.3) is 0 Å². The molecule has 13 heavy (non-hydrogen) atoms. The maximum Gasteiger partial charge on any atom is 0.244 e. The number of aliphatic hydroxyl groups is 1. The second kappa shape index (κ2) is 7.05. The minimum atomic E-state index is -0.569. The summed E-state index contributed by atoms with van der Waals surface area (Å²) in [5.41, 5.74) is 4.80.